The monoisotopic (exact) mass is 363 g/mol. The maximum atomic E-state index is 13.3. The van der Waals surface area contributed by atoms with Crippen LogP contribution >= 0.6 is 0 Å². The van der Waals surface area contributed by atoms with Crippen LogP contribution in [0.1, 0.15) is 30.9 Å². The van der Waals surface area contributed by atoms with E-state index in [9.17, 15) is 4.39 Å². The highest BCUT2D eigenvalue weighted by atomic mass is 19.1. The van der Waals surface area contributed by atoms with Crippen LogP contribution in [0.3, 0.4) is 0 Å². The van der Waals surface area contributed by atoms with Crippen molar-refractivity contribution in [2.45, 2.75) is 33.2 Å². The molecule has 1 aromatic rings. The van der Waals surface area contributed by atoms with Crippen LogP contribution in [0.25, 0.3) is 0 Å². The van der Waals surface area contributed by atoms with Gasteiger partial charge in [-0.2, -0.15) is 0 Å². The molecule has 0 unspecified atom stereocenters. The predicted octanol–water partition coefficient (Wildman–Crippen LogP) is 2.22. The third kappa shape index (κ3) is 6.92. The van der Waals surface area contributed by atoms with E-state index in [1.165, 1.54) is 51.8 Å². The second-order valence-corrected chi connectivity index (χ2v) is 6.92. The summed E-state index contributed by atoms with van der Waals surface area (Å²) < 4.78 is 13.3. The third-order valence-corrected chi connectivity index (χ3v) is 5.01. The number of nitrogens with zero attached hydrogens (tertiary/aromatic N) is 3. The van der Waals surface area contributed by atoms with E-state index < -0.39 is 0 Å². The SMILES string of the molecule is CCN1CCN(CCCCNC(=NC)NCc2ccc(F)c(C)c2)CC1. The zero-order valence-electron chi connectivity index (χ0n) is 16.5. The molecule has 0 spiro atoms. The third-order valence-electron chi connectivity index (χ3n) is 5.01. The van der Waals surface area contributed by atoms with E-state index in [2.05, 4.69) is 32.3 Å². The van der Waals surface area contributed by atoms with Crippen LogP contribution in [0.15, 0.2) is 23.2 Å². The lowest BCUT2D eigenvalue weighted by Gasteiger charge is -2.34. The van der Waals surface area contributed by atoms with E-state index in [1.54, 1.807) is 20.0 Å². The highest BCUT2D eigenvalue weighted by Gasteiger charge is 2.14. The molecule has 1 aliphatic heterocycles. The van der Waals surface area contributed by atoms with Gasteiger partial charge in [0.1, 0.15) is 5.82 Å². The molecule has 1 fully saturated rings. The molecular weight excluding hydrogens is 329 g/mol. The van der Waals surface area contributed by atoms with E-state index in [1.807, 2.05) is 6.07 Å². The Morgan fingerprint density at radius 3 is 2.50 bits per heavy atom. The van der Waals surface area contributed by atoms with Crippen molar-refractivity contribution in [1.82, 2.24) is 20.4 Å². The normalized spacial score (nSPS) is 16.7. The molecule has 146 valence electrons. The summed E-state index contributed by atoms with van der Waals surface area (Å²) in [6, 6.07) is 5.19. The lowest BCUT2D eigenvalue weighted by molar-refractivity contribution is 0.136. The molecule has 1 aliphatic rings. The minimum atomic E-state index is -0.160. The molecule has 0 atom stereocenters. The first-order valence-corrected chi connectivity index (χ1v) is 9.76. The fraction of sp³-hybridized carbons (Fsp3) is 0.650. The van der Waals surface area contributed by atoms with Gasteiger partial charge in [0.05, 0.1) is 0 Å². The number of guanidine groups is 1. The molecule has 2 rings (SSSR count). The number of aliphatic imine (C=N–C) groups is 1. The molecule has 0 bridgehead atoms. The molecule has 0 amide bonds. The van der Waals surface area contributed by atoms with Crippen molar-refractivity contribution in [3.05, 3.63) is 35.1 Å². The van der Waals surface area contributed by atoms with E-state index in [0.717, 1.165) is 24.5 Å². The molecule has 1 saturated heterocycles. The summed E-state index contributed by atoms with van der Waals surface area (Å²) in [5.41, 5.74) is 1.73. The Bertz CT molecular complexity index is 567. The minimum Gasteiger partial charge on any atom is -0.356 e. The first kappa shape index (κ1) is 20.6. The molecule has 2 N–H and O–H groups in total. The molecular formula is C20H34FN5. The first-order chi connectivity index (χ1) is 12.6. The quantitative estimate of drug-likeness (QED) is 0.422. The summed E-state index contributed by atoms with van der Waals surface area (Å²) in [4.78, 5) is 9.33. The number of rotatable bonds is 8. The van der Waals surface area contributed by atoms with Gasteiger partial charge in [-0.15, -0.1) is 0 Å². The molecule has 0 saturated carbocycles. The van der Waals surface area contributed by atoms with Crippen LogP contribution in [-0.4, -0.2) is 68.6 Å². The first-order valence-electron chi connectivity index (χ1n) is 9.76. The molecule has 6 heteroatoms. The number of halogens is 1. The van der Waals surface area contributed by atoms with Crippen LogP contribution in [0.5, 0.6) is 0 Å². The fourth-order valence-electron chi connectivity index (χ4n) is 3.22. The van der Waals surface area contributed by atoms with Gasteiger partial charge < -0.3 is 20.4 Å². The average molecular weight is 364 g/mol. The van der Waals surface area contributed by atoms with E-state index in [-0.39, 0.29) is 5.82 Å². The average Bonchev–Trinajstić information content (AvgIpc) is 2.67. The number of piperazine rings is 1. The van der Waals surface area contributed by atoms with Gasteiger partial charge in [0, 0.05) is 46.3 Å². The fourth-order valence-corrected chi connectivity index (χ4v) is 3.22. The summed E-state index contributed by atoms with van der Waals surface area (Å²) >= 11 is 0. The van der Waals surface area contributed by atoms with Gasteiger partial charge >= 0.3 is 0 Å². The summed E-state index contributed by atoms with van der Waals surface area (Å²) in [6.07, 6.45) is 2.33. The summed E-state index contributed by atoms with van der Waals surface area (Å²) in [6.45, 7) is 12.7. The van der Waals surface area contributed by atoms with Crippen molar-refractivity contribution in [2.75, 3.05) is 52.9 Å². The van der Waals surface area contributed by atoms with Crippen LogP contribution in [0.2, 0.25) is 0 Å². The topological polar surface area (TPSA) is 42.9 Å². The maximum absolute atomic E-state index is 13.3. The molecule has 0 radical (unpaired) electrons. The Morgan fingerprint density at radius 1 is 1.12 bits per heavy atom. The number of likely N-dealkylation sites (N-methyl/N-ethyl adjacent to an activating group) is 1. The number of nitrogens with one attached hydrogen (secondary N) is 2. The van der Waals surface area contributed by atoms with Crippen molar-refractivity contribution in [2.24, 2.45) is 4.99 Å². The number of benzene rings is 1. The standard InChI is InChI=1S/C20H34FN5/c1-4-25-11-13-26(14-12-25)10-6-5-9-23-20(22-3)24-16-18-7-8-19(21)17(2)15-18/h7-8,15H,4-6,9-14,16H2,1-3H3,(H2,22,23,24). The Balaban J connectivity index is 1.58. The van der Waals surface area contributed by atoms with Crippen molar-refractivity contribution in [3.63, 3.8) is 0 Å². The van der Waals surface area contributed by atoms with Crippen molar-refractivity contribution in [3.8, 4) is 0 Å². The highest BCUT2D eigenvalue weighted by molar-refractivity contribution is 5.79. The highest BCUT2D eigenvalue weighted by Crippen LogP contribution is 2.08. The van der Waals surface area contributed by atoms with Gasteiger partial charge in [-0.05, 0) is 50.0 Å². The summed E-state index contributed by atoms with van der Waals surface area (Å²) in [7, 11) is 1.78. The molecule has 1 heterocycles. The smallest absolute Gasteiger partial charge is 0.191 e. The lowest BCUT2D eigenvalue weighted by atomic mass is 10.1. The second-order valence-electron chi connectivity index (χ2n) is 6.92. The Kier molecular flexibility index (Phi) is 8.85. The molecule has 0 aliphatic carbocycles. The molecule has 26 heavy (non-hydrogen) atoms. The maximum Gasteiger partial charge on any atom is 0.191 e. The van der Waals surface area contributed by atoms with Crippen molar-refractivity contribution in [1.29, 1.82) is 0 Å². The van der Waals surface area contributed by atoms with Crippen molar-refractivity contribution >= 4 is 5.96 Å². The van der Waals surface area contributed by atoms with Gasteiger partial charge in [-0.25, -0.2) is 4.39 Å². The Hall–Kier alpha value is -1.66. The van der Waals surface area contributed by atoms with E-state index in [0.29, 0.717) is 12.1 Å². The Labute approximate surface area is 157 Å². The summed E-state index contributed by atoms with van der Waals surface area (Å²) in [5.74, 6) is 0.635. The number of hydrogen-bond acceptors (Lipinski definition) is 3. The molecule has 5 nitrogen and oxygen atoms in total. The van der Waals surface area contributed by atoms with E-state index >= 15 is 0 Å². The minimum absolute atomic E-state index is 0.160. The van der Waals surface area contributed by atoms with Gasteiger partial charge in [0.2, 0.25) is 0 Å². The van der Waals surface area contributed by atoms with Crippen LogP contribution in [0.4, 0.5) is 4.39 Å². The zero-order chi connectivity index (χ0) is 18.8. The number of hydrogen-bond donors (Lipinski definition) is 2. The largest absolute Gasteiger partial charge is 0.356 e. The molecule has 1 aromatic carbocycles. The van der Waals surface area contributed by atoms with Crippen molar-refractivity contribution < 1.29 is 4.39 Å². The number of aryl methyl sites for hydroxylation is 1. The Morgan fingerprint density at radius 2 is 1.85 bits per heavy atom. The lowest BCUT2D eigenvalue weighted by Crippen LogP contribution is -2.46. The predicted molar refractivity (Wildman–Crippen MR) is 107 cm³/mol. The van der Waals surface area contributed by atoms with Gasteiger partial charge in [0.25, 0.3) is 0 Å². The number of unbranched alkanes of at least 4 members (excludes halogenated alkanes) is 1. The van der Waals surface area contributed by atoms with E-state index in [4.69, 9.17) is 0 Å². The van der Waals surface area contributed by atoms with Gasteiger partial charge in [-0.1, -0.05) is 19.1 Å². The van der Waals surface area contributed by atoms with Crippen LogP contribution in [0, 0.1) is 12.7 Å². The second kappa shape index (κ2) is 11.1. The molecule has 0 aromatic heterocycles. The van der Waals surface area contributed by atoms with Gasteiger partial charge in [0.15, 0.2) is 5.96 Å². The van der Waals surface area contributed by atoms with Gasteiger partial charge in [-0.3, -0.25) is 4.99 Å². The summed E-state index contributed by atoms with van der Waals surface area (Å²) in [5, 5.41) is 6.64. The zero-order valence-corrected chi connectivity index (χ0v) is 16.5. The van der Waals surface area contributed by atoms with Crippen LogP contribution < -0.4 is 10.6 Å². The van der Waals surface area contributed by atoms with Crippen LogP contribution in [-0.2, 0) is 6.54 Å².